The van der Waals surface area contributed by atoms with Crippen LogP contribution in [0.3, 0.4) is 0 Å². The standard InChI is InChI=1S/C17H28ClN3/c1-17(13-19,12-14-4-6-15(18)7-5-14)21(3)16-8-10-20(2)11-9-16/h4-7,16H,8-13,19H2,1-3H3. The predicted octanol–water partition coefficient (Wildman–Crippen LogP) is 2.63. The van der Waals surface area contributed by atoms with Gasteiger partial charge >= 0.3 is 0 Å². The number of likely N-dealkylation sites (tertiary alicyclic amines) is 1. The molecule has 0 radical (unpaired) electrons. The zero-order valence-electron chi connectivity index (χ0n) is 13.5. The Kier molecular flexibility index (Phi) is 5.67. The lowest BCUT2D eigenvalue weighted by Gasteiger charge is -2.45. The fraction of sp³-hybridized carbons (Fsp3) is 0.647. The zero-order valence-corrected chi connectivity index (χ0v) is 14.2. The van der Waals surface area contributed by atoms with Crippen molar-refractivity contribution in [2.24, 2.45) is 5.73 Å². The molecule has 3 nitrogen and oxygen atoms in total. The molecule has 1 unspecified atom stereocenters. The highest BCUT2D eigenvalue weighted by Gasteiger charge is 2.34. The molecule has 2 N–H and O–H groups in total. The second-order valence-corrected chi connectivity index (χ2v) is 7.09. The topological polar surface area (TPSA) is 32.5 Å². The second-order valence-electron chi connectivity index (χ2n) is 6.65. The monoisotopic (exact) mass is 309 g/mol. The molecule has 0 aromatic heterocycles. The summed E-state index contributed by atoms with van der Waals surface area (Å²) in [6.45, 7) is 5.30. The van der Waals surface area contributed by atoms with E-state index in [0.29, 0.717) is 12.6 Å². The molecule has 21 heavy (non-hydrogen) atoms. The predicted molar refractivity (Wildman–Crippen MR) is 90.9 cm³/mol. The van der Waals surface area contributed by atoms with Crippen LogP contribution >= 0.6 is 11.6 Å². The molecular formula is C17H28ClN3. The van der Waals surface area contributed by atoms with Crippen molar-refractivity contribution in [1.82, 2.24) is 9.80 Å². The Morgan fingerprint density at radius 3 is 2.38 bits per heavy atom. The lowest BCUT2D eigenvalue weighted by molar-refractivity contribution is 0.0544. The maximum Gasteiger partial charge on any atom is 0.0406 e. The molecule has 118 valence electrons. The highest BCUT2D eigenvalue weighted by molar-refractivity contribution is 6.30. The van der Waals surface area contributed by atoms with Crippen LogP contribution in [-0.2, 0) is 6.42 Å². The van der Waals surface area contributed by atoms with E-state index in [1.165, 1.54) is 31.5 Å². The van der Waals surface area contributed by atoms with E-state index in [1.807, 2.05) is 12.1 Å². The van der Waals surface area contributed by atoms with Crippen molar-refractivity contribution in [1.29, 1.82) is 0 Å². The van der Waals surface area contributed by atoms with Crippen LogP contribution in [0, 0.1) is 0 Å². The van der Waals surface area contributed by atoms with Gasteiger partial charge in [0.1, 0.15) is 0 Å². The van der Waals surface area contributed by atoms with Gasteiger partial charge in [0.15, 0.2) is 0 Å². The molecule has 0 spiro atoms. The number of piperidine rings is 1. The molecule has 0 aliphatic carbocycles. The smallest absolute Gasteiger partial charge is 0.0406 e. The van der Waals surface area contributed by atoms with Crippen molar-refractivity contribution in [2.45, 2.75) is 37.8 Å². The Balaban J connectivity index is 2.06. The largest absolute Gasteiger partial charge is 0.329 e. The number of hydrogen-bond donors (Lipinski definition) is 1. The van der Waals surface area contributed by atoms with E-state index < -0.39 is 0 Å². The molecule has 4 heteroatoms. The third-order valence-corrected chi connectivity index (χ3v) is 5.28. The van der Waals surface area contributed by atoms with Crippen LogP contribution in [0.15, 0.2) is 24.3 Å². The summed E-state index contributed by atoms with van der Waals surface area (Å²) in [6, 6.07) is 8.77. The zero-order chi connectivity index (χ0) is 15.5. The molecule has 1 heterocycles. The summed E-state index contributed by atoms with van der Waals surface area (Å²) in [5.74, 6) is 0. The van der Waals surface area contributed by atoms with Crippen LogP contribution in [-0.4, -0.2) is 55.1 Å². The van der Waals surface area contributed by atoms with Crippen molar-refractivity contribution in [3.8, 4) is 0 Å². The molecule has 1 aliphatic heterocycles. The van der Waals surface area contributed by atoms with Crippen LogP contribution in [0.1, 0.15) is 25.3 Å². The van der Waals surface area contributed by atoms with Gasteiger partial charge in [-0.05, 0) is 71.1 Å². The maximum absolute atomic E-state index is 6.14. The second kappa shape index (κ2) is 7.10. The van der Waals surface area contributed by atoms with Crippen LogP contribution in [0.25, 0.3) is 0 Å². The van der Waals surface area contributed by atoms with Gasteiger partial charge < -0.3 is 10.6 Å². The number of rotatable bonds is 5. The first kappa shape index (κ1) is 16.8. The summed E-state index contributed by atoms with van der Waals surface area (Å²) >= 11 is 5.97. The van der Waals surface area contributed by atoms with Crippen molar-refractivity contribution < 1.29 is 0 Å². The SMILES string of the molecule is CN1CCC(N(C)C(C)(CN)Cc2ccc(Cl)cc2)CC1. The van der Waals surface area contributed by atoms with E-state index in [1.54, 1.807) is 0 Å². The number of nitrogens with zero attached hydrogens (tertiary/aromatic N) is 2. The minimum Gasteiger partial charge on any atom is -0.329 e. The first-order valence-corrected chi connectivity index (χ1v) is 8.18. The molecule has 1 aromatic carbocycles. The van der Waals surface area contributed by atoms with Gasteiger partial charge in [0.05, 0.1) is 0 Å². The van der Waals surface area contributed by atoms with Gasteiger partial charge in [0.25, 0.3) is 0 Å². The fourth-order valence-corrected chi connectivity index (χ4v) is 3.33. The summed E-state index contributed by atoms with van der Waals surface area (Å²) in [5.41, 5.74) is 7.43. The van der Waals surface area contributed by atoms with E-state index in [0.717, 1.165) is 11.4 Å². The third kappa shape index (κ3) is 4.19. The van der Waals surface area contributed by atoms with Crippen LogP contribution in [0.4, 0.5) is 0 Å². The quantitative estimate of drug-likeness (QED) is 0.907. The molecule has 1 fully saturated rings. The van der Waals surface area contributed by atoms with Crippen molar-refractivity contribution in [3.05, 3.63) is 34.9 Å². The highest BCUT2D eigenvalue weighted by Crippen LogP contribution is 2.26. The summed E-state index contributed by atoms with van der Waals surface area (Å²) in [6.07, 6.45) is 3.41. The summed E-state index contributed by atoms with van der Waals surface area (Å²) in [7, 11) is 4.44. The molecule has 0 bridgehead atoms. The van der Waals surface area contributed by atoms with Crippen LogP contribution in [0.2, 0.25) is 5.02 Å². The summed E-state index contributed by atoms with van der Waals surface area (Å²) < 4.78 is 0. The fourth-order valence-electron chi connectivity index (χ4n) is 3.21. The molecular weight excluding hydrogens is 282 g/mol. The van der Waals surface area contributed by atoms with E-state index in [4.69, 9.17) is 17.3 Å². The molecule has 1 saturated heterocycles. The molecule has 2 rings (SSSR count). The molecule has 1 aliphatic rings. The van der Waals surface area contributed by atoms with Crippen molar-refractivity contribution in [3.63, 3.8) is 0 Å². The van der Waals surface area contributed by atoms with Crippen LogP contribution in [0.5, 0.6) is 0 Å². The minimum atomic E-state index is -0.00555. The van der Waals surface area contributed by atoms with E-state index in [9.17, 15) is 0 Å². The lowest BCUT2D eigenvalue weighted by Crippen LogP contribution is -2.57. The summed E-state index contributed by atoms with van der Waals surface area (Å²) in [5, 5.41) is 0.789. The summed E-state index contributed by atoms with van der Waals surface area (Å²) in [4.78, 5) is 4.91. The van der Waals surface area contributed by atoms with Crippen molar-refractivity contribution in [2.75, 3.05) is 33.7 Å². The first-order valence-electron chi connectivity index (χ1n) is 7.80. The Bertz CT molecular complexity index is 440. The number of halogens is 1. The highest BCUT2D eigenvalue weighted by atomic mass is 35.5. The number of benzene rings is 1. The molecule has 1 atom stereocenters. The first-order chi connectivity index (χ1) is 9.94. The normalized spacial score (nSPS) is 20.7. The average Bonchev–Trinajstić information content (AvgIpc) is 2.49. The Hall–Kier alpha value is -0.610. The molecule has 1 aromatic rings. The van der Waals surface area contributed by atoms with Gasteiger partial charge in [-0.2, -0.15) is 0 Å². The Morgan fingerprint density at radius 2 is 1.86 bits per heavy atom. The lowest BCUT2D eigenvalue weighted by atomic mass is 9.88. The molecule has 0 saturated carbocycles. The third-order valence-electron chi connectivity index (χ3n) is 5.03. The number of hydrogen-bond acceptors (Lipinski definition) is 3. The maximum atomic E-state index is 6.14. The Labute approximate surface area is 134 Å². The van der Waals surface area contributed by atoms with Gasteiger partial charge in [-0.1, -0.05) is 23.7 Å². The van der Waals surface area contributed by atoms with E-state index >= 15 is 0 Å². The average molecular weight is 310 g/mol. The number of nitrogens with two attached hydrogens (primary N) is 1. The van der Waals surface area contributed by atoms with E-state index in [2.05, 4.69) is 43.0 Å². The van der Waals surface area contributed by atoms with Crippen LogP contribution < -0.4 is 5.73 Å². The van der Waals surface area contributed by atoms with Gasteiger partial charge in [-0.15, -0.1) is 0 Å². The van der Waals surface area contributed by atoms with E-state index in [-0.39, 0.29) is 5.54 Å². The Morgan fingerprint density at radius 1 is 1.29 bits per heavy atom. The van der Waals surface area contributed by atoms with Gasteiger partial charge in [-0.3, -0.25) is 4.90 Å². The molecule has 0 amide bonds. The van der Waals surface area contributed by atoms with Gasteiger partial charge in [0.2, 0.25) is 0 Å². The van der Waals surface area contributed by atoms with Gasteiger partial charge in [-0.25, -0.2) is 0 Å². The minimum absolute atomic E-state index is 0.00555. The number of likely N-dealkylation sites (N-methyl/N-ethyl adjacent to an activating group) is 1. The van der Waals surface area contributed by atoms with Crippen molar-refractivity contribution >= 4 is 11.6 Å². The van der Waals surface area contributed by atoms with Gasteiger partial charge in [0, 0.05) is 23.1 Å².